The van der Waals surface area contributed by atoms with Crippen molar-refractivity contribution in [2.45, 2.75) is 13.5 Å². The summed E-state index contributed by atoms with van der Waals surface area (Å²) in [6, 6.07) is 26.9. The molecule has 0 saturated carbocycles. The lowest BCUT2D eigenvalue weighted by atomic mass is 10.0. The first kappa shape index (κ1) is 15.3. The highest BCUT2D eigenvalue weighted by Crippen LogP contribution is 2.29. The van der Waals surface area contributed by atoms with Gasteiger partial charge in [-0.1, -0.05) is 78.9 Å². The van der Waals surface area contributed by atoms with E-state index in [1.54, 1.807) is 0 Å². The highest BCUT2D eigenvalue weighted by Gasteiger charge is 2.10. The van der Waals surface area contributed by atoms with Crippen LogP contribution >= 0.6 is 0 Å². The zero-order valence-electron chi connectivity index (χ0n) is 14.1. The minimum Gasteiger partial charge on any atom is -0.364 e. The molecule has 25 heavy (non-hydrogen) atoms. The molecule has 0 radical (unpaired) electrons. The predicted molar refractivity (Wildman–Crippen MR) is 103 cm³/mol. The van der Waals surface area contributed by atoms with Gasteiger partial charge in [0, 0.05) is 22.9 Å². The maximum Gasteiger partial charge on any atom is 0.156 e. The second-order valence-electron chi connectivity index (χ2n) is 6.09. The first-order valence-electron chi connectivity index (χ1n) is 8.42. The number of hydrogen-bond acceptors (Lipinski definition) is 3. The Balaban J connectivity index is 1.73. The Hall–Kier alpha value is -3.20. The molecule has 3 heteroatoms. The fourth-order valence-corrected chi connectivity index (χ4v) is 3.03. The number of aromatic nitrogens is 2. The van der Waals surface area contributed by atoms with Gasteiger partial charge in [0.2, 0.25) is 0 Å². The molecule has 1 N–H and O–H groups in total. The lowest BCUT2D eigenvalue weighted by Crippen LogP contribution is -2.05. The van der Waals surface area contributed by atoms with Gasteiger partial charge in [0.15, 0.2) is 5.82 Å². The number of benzene rings is 3. The van der Waals surface area contributed by atoms with Gasteiger partial charge in [0.1, 0.15) is 5.69 Å². The molecule has 0 atom stereocenters. The van der Waals surface area contributed by atoms with Crippen LogP contribution in [0.1, 0.15) is 11.1 Å². The van der Waals surface area contributed by atoms with Crippen LogP contribution in [0.3, 0.4) is 0 Å². The van der Waals surface area contributed by atoms with Crippen LogP contribution in [0.5, 0.6) is 0 Å². The van der Waals surface area contributed by atoms with Crippen LogP contribution in [-0.2, 0) is 6.54 Å². The van der Waals surface area contributed by atoms with Crippen LogP contribution in [0, 0.1) is 6.92 Å². The zero-order chi connectivity index (χ0) is 17.1. The number of rotatable bonds is 4. The number of aryl methyl sites for hydroxylation is 1. The first-order valence-corrected chi connectivity index (χ1v) is 8.42. The summed E-state index contributed by atoms with van der Waals surface area (Å²) in [6.07, 6.45) is 0. The summed E-state index contributed by atoms with van der Waals surface area (Å²) in [5, 5.41) is 14.6. The predicted octanol–water partition coefficient (Wildman–Crippen LogP) is 5.22. The Kier molecular flexibility index (Phi) is 4.13. The van der Waals surface area contributed by atoms with E-state index < -0.39 is 0 Å². The third kappa shape index (κ3) is 3.09. The smallest absolute Gasteiger partial charge is 0.156 e. The van der Waals surface area contributed by atoms with Crippen molar-refractivity contribution in [3.63, 3.8) is 0 Å². The fourth-order valence-electron chi connectivity index (χ4n) is 3.03. The Labute approximate surface area is 147 Å². The molecule has 0 saturated heterocycles. The second kappa shape index (κ2) is 6.73. The number of nitrogens with one attached hydrogen (secondary N) is 1. The van der Waals surface area contributed by atoms with Crippen molar-refractivity contribution in [2.75, 3.05) is 5.32 Å². The van der Waals surface area contributed by atoms with E-state index in [9.17, 15) is 0 Å². The van der Waals surface area contributed by atoms with Crippen LogP contribution < -0.4 is 5.32 Å². The molecule has 4 aromatic rings. The van der Waals surface area contributed by atoms with Crippen molar-refractivity contribution in [1.82, 2.24) is 10.2 Å². The molecule has 0 bridgehead atoms. The van der Waals surface area contributed by atoms with Gasteiger partial charge in [-0.05, 0) is 18.1 Å². The summed E-state index contributed by atoms with van der Waals surface area (Å²) >= 11 is 0. The molecule has 0 fully saturated rings. The van der Waals surface area contributed by atoms with E-state index in [2.05, 4.69) is 71.0 Å². The number of fused-ring (bicyclic) bond motifs is 1. The van der Waals surface area contributed by atoms with Gasteiger partial charge in [0.05, 0.1) is 0 Å². The quantitative estimate of drug-likeness (QED) is 0.559. The molecule has 0 aliphatic carbocycles. The summed E-state index contributed by atoms with van der Waals surface area (Å²) in [7, 11) is 0. The lowest BCUT2D eigenvalue weighted by Gasteiger charge is -2.12. The number of hydrogen-bond donors (Lipinski definition) is 1. The van der Waals surface area contributed by atoms with Crippen molar-refractivity contribution >= 4 is 16.6 Å². The minimum atomic E-state index is 0.732. The van der Waals surface area contributed by atoms with E-state index in [4.69, 9.17) is 0 Å². The third-order valence-electron chi connectivity index (χ3n) is 4.44. The largest absolute Gasteiger partial charge is 0.364 e. The maximum atomic E-state index is 4.50. The summed E-state index contributed by atoms with van der Waals surface area (Å²) < 4.78 is 0. The van der Waals surface area contributed by atoms with Crippen molar-refractivity contribution in [3.05, 3.63) is 90.0 Å². The summed E-state index contributed by atoms with van der Waals surface area (Å²) in [5.74, 6) is 0.818. The Morgan fingerprint density at radius 2 is 1.40 bits per heavy atom. The van der Waals surface area contributed by atoms with Gasteiger partial charge in [-0.25, -0.2) is 0 Å². The van der Waals surface area contributed by atoms with Crippen molar-refractivity contribution in [3.8, 4) is 11.3 Å². The molecule has 3 nitrogen and oxygen atoms in total. The SMILES string of the molecule is Cc1ccccc1CNc1nnc(-c2ccccc2)c2ccccc12. The van der Waals surface area contributed by atoms with Gasteiger partial charge >= 0.3 is 0 Å². The monoisotopic (exact) mass is 325 g/mol. The maximum absolute atomic E-state index is 4.50. The van der Waals surface area contributed by atoms with Gasteiger partial charge in [0.25, 0.3) is 0 Å². The number of anilines is 1. The van der Waals surface area contributed by atoms with Crippen molar-refractivity contribution in [2.24, 2.45) is 0 Å². The van der Waals surface area contributed by atoms with Crippen LogP contribution in [-0.4, -0.2) is 10.2 Å². The van der Waals surface area contributed by atoms with Gasteiger partial charge in [-0.2, -0.15) is 0 Å². The van der Waals surface area contributed by atoms with Gasteiger partial charge in [-0.3, -0.25) is 0 Å². The Morgan fingerprint density at radius 1 is 0.720 bits per heavy atom. The van der Waals surface area contributed by atoms with E-state index >= 15 is 0 Å². The molecule has 0 spiro atoms. The summed E-state index contributed by atoms with van der Waals surface area (Å²) in [4.78, 5) is 0. The van der Waals surface area contributed by atoms with E-state index in [0.717, 1.165) is 34.4 Å². The molecule has 3 aromatic carbocycles. The second-order valence-corrected chi connectivity index (χ2v) is 6.09. The summed E-state index contributed by atoms with van der Waals surface area (Å²) in [5.41, 5.74) is 4.53. The number of nitrogens with zero attached hydrogens (tertiary/aromatic N) is 2. The van der Waals surface area contributed by atoms with Crippen molar-refractivity contribution in [1.29, 1.82) is 0 Å². The first-order chi connectivity index (χ1) is 12.3. The van der Waals surface area contributed by atoms with E-state index in [1.807, 2.05) is 30.3 Å². The lowest BCUT2D eigenvalue weighted by molar-refractivity contribution is 1.02. The van der Waals surface area contributed by atoms with Gasteiger partial charge in [-0.15, -0.1) is 10.2 Å². The highest BCUT2D eigenvalue weighted by molar-refractivity contribution is 5.99. The zero-order valence-corrected chi connectivity index (χ0v) is 14.1. The van der Waals surface area contributed by atoms with Crippen LogP contribution in [0.2, 0.25) is 0 Å². The molecular formula is C22H19N3. The molecule has 0 unspecified atom stereocenters. The molecular weight excluding hydrogens is 306 g/mol. The van der Waals surface area contributed by atoms with Crippen LogP contribution in [0.4, 0.5) is 5.82 Å². The van der Waals surface area contributed by atoms with Gasteiger partial charge < -0.3 is 5.32 Å². The molecule has 1 heterocycles. The Bertz CT molecular complexity index is 1010. The Morgan fingerprint density at radius 3 is 2.20 bits per heavy atom. The minimum absolute atomic E-state index is 0.732. The normalized spacial score (nSPS) is 10.8. The van der Waals surface area contributed by atoms with Crippen LogP contribution in [0.25, 0.3) is 22.0 Å². The average molecular weight is 325 g/mol. The van der Waals surface area contributed by atoms with E-state index in [1.165, 1.54) is 11.1 Å². The molecule has 0 aliphatic rings. The molecule has 122 valence electrons. The highest BCUT2D eigenvalue weighted by atomic mass is 15.2. The standard InChI is InChI=1S/C22H19N3/c1-16-9-5-6-12-18(16)15-23-22-20-14-8-7-13-19(20)21(24-25-22)17-10-3-2-4-11-17/h2-14H,15H2,1H3,(H,23,25). The van der Waals surface area contributed by atoms with E-state index in [0.29, 0.717) is 0 Å². The molecule has 0 amide bonds. The van der Waals surface area contributed by atoms with E-state index in [-0.39, 0.29) is 0 Å². The molecule has 0 aliphatic heterocycles. The van der Waals surface area contributed by atoms with Crippen LogP contribution in [0.15, 0.2) is 78.9 Å². The average Bonchev–Trinajstić information content (AvgIpc) is 2.68. The summed E-state index contributed by atoms with van der Waals surface area (Å²) in [6.45, 7) is 2.86. The molecule has 1 aromatic heterocycles. The fraction of sp³-hybridized carbons (Fsp3) is 0.0909. The van der Waals surface area contributed by atoms with Crippen molar-refractivity contribution < 1.29 is 0 Å². The topological polar surface area (TPSA) is 37.8 Å². The third-order valence-corrected chi connectivity index (χ3v) is 4.44. The molecule has 4 rings (SSSR count).